The number of allylic oxidation sites excluding steroid dienone is 3. The van der Waals surface area contributed by atoms with Crippen molar-refractivity contribution in [3.05, 3.63) is 66.0 Å². The van der Waals surface area contributed by atoms with Gasteiger partial charge in [0, 0.05) is 30.7 Å². The molecule has 0 aliphatic carbocycles. The van der Waals surface area contributed by atoms with Crippen LogP contribution in [0.4, 0.5) is 0 Å². The molecule has 0 saturated heterocycles. The summed E-state index contributed by atoms with van der Waals surface area (Å²) in [5, 5.41) is 21.2. The number of esters is 2. The molecular formula is C27H37NO6. The van der Waals surface area contributed by atoms with E-state index in [0.29, 0.717) is 0 Å². The van der Waals surface area contributed by atoms with Crippen LogP contribution in [0.1, 0.15) is 65.5 Å². The largest absolute Gasteiger partial charge is 0.457 e. The summed E-state index contributed by atoms with van der Waals surface area (Å²) in [6.07, 6.45) is 8.68. The average Bonchev–Trinajstić information content (AvgIpc) is 2.78. The molecule has 0 radical (unpaired) electrons. The number of ether oxygens (including phenoxy) is 2. The number of hydrogen-bond donors (Lipinski definition) is 2. The SMILES string of the molecule is CC(=O)O[C@H]1/C=C/[C@H](C)[C@@H](/C(C)=C/C=C/C(C)c2ccccn2)OC(=O)C[C@H](O)CC[C@@]1(C)O. The van der Waals surface area contributed by atoms with Crippen LogP contribution >= 0.6 is 0 Å². The normalized spacial score (nSPS) is 31.1. The van der Waals surface area contributed by atoms with Crippen molar-refractivity contribution in [2.24, 2.45) is 5.92 Å². The number of rotatable bonds is 5. The minimum Gasteiger partial charge on any atom is -0.457 e. The summed E-state index contributed by atoms with van der Waals surface area (Å²) >= 11 is 0. The monoisotopic (exact) mass is 471 g/mol. The molecule has 7 nitrogen and oxygen atoms in total. The number of cyclic esters (lactones) is 1. The molecule has 1 aliphatic rings. The minimum atomic E-state index is -1.39. The van der Waals surface area contributed by atoms with Crippen LogP contribution in [0.15, 0.2) is 60.3 Å². The third-order valence-corrected chi connectivity index (χ3v) is 5.98. The van der Waals surface area contributed by atoms with Gasteiger partial charge in [0.05, 0.1) is 12.5 Å². The van der Waals surface area contributed by atoms with Crippen molar-refractivity contribution in [1.82, 2.24) is 4.98 Å². The van der Waals surface area contributed by atoms with Gasteiger partial charge in [-0.05, 0) is 50.5 Å². The van der Waals surface area contributed by atoms with Crippen LogP contribution in [-0.4, -0.2) is 51.0 Å². The molecule has 1 aliphatic heterocycles. The molecule has 0 aromatic carbocycles. The smallest absolute Gasteiger partial charge is 0.309 e. The van der Waals surface area contributed by atoms with E-state index in [1.807, 2.05) is 57.2 Å². The van der Waals surface area contributed by atoms with Crippen LogP contribution in [0.3, 0.4) is 0 Å². The molecule has 1 aromatic rings. The highest BCUT2D eigenvalue weighted by atomic mass is 16.6. The zero-order valence-electron chi connectivity index (χ0n) is 20.7. The average molecular weight is 472 g/mol. The minimum absolute atomic E-state index is 0.114. The van der Waals surface area contributed by atoms with E-state index < -0.39 is 35.9 Å². The van der Waals surface area contributed by atoms with Crippen molar-refractivity contribution < 1.29 is 29.3 Å². The Morgan fingerprint density at radius 2 is 2.06 bits per heavy atom. The van der Waals surface area contributed by atoms with Gasteiger partial charge in [0.1, 0.15) is 17.8 Å². The molecule has 6 atom stereocenters. The number of aliphatic hydroxyl groups excluding tert-OH is 1. The lowest BCUT2D eigenvalue weighted by Gasteiger charge is -2.32. The van der Waals surface area contributed by atoms with Gasteiger partial charge in [0.15, 0.2) is 0 Å². The fourth-order valence-electron chi connectivity index (χ4n) is 3.84. The number of carbonyl (C=O) groups excluding carboxylic acids is 2. The van der Waals surface area contributed by atoms with Gasteiger partial charge in [0.2, 0.25) is 0 Å². The van der Waals surface area contributed by atoms with Crippen LogP contribution in [0.25, 0.3) is 0 Å². The Morgan fingerprint density at radius 3 is 2.71 bits per heavy atom. The Bertz CT molecular complexity index is 905. The molecule has 2 rings (SSSR count). The Morgan fingerprint density at radius 1 is 1.32 bits per heavy atom. The van der Waals surface area contributed by atoms with Gasteiger partial charge in [-0.15, -0.1) is 0 Å². The molecule has 0 spiro atoms. The molecule has 0 bridgehead atoms. The summed E-state index contributed by atoms with van der Waals surface area (Å²) in [5.41, 5.74) is 0.380. The summed E-state index contributed by atoms with van der Waals surface area (Å²) in [5.74, 6) is -1.18. The number of aliphatic hydroxyl groups is 2. The number of pyridine rings is 1. The molecule has 34 heavy (non-hydrogen) atoms. The number of nitrogens with zero attached hydrogens (tertiary/aromatic N) is 1. The third-order valence-electron chi connectivity index (χ3n) is 5.98. The highest BCUT2D eigenvalue weighted by molar-refractivity contribution is 5.70. The highest BCUT2D eigenvalue weighted by Gasteiger charge is 2.34. The van der Waals surface area contributed by atoms with Crippen molar-refractivity contribution in [1.29, 1.82) is 0 Å². The second kappa shape index (κ2) is 12.6. The van der Waals surface area contributed by atoms with E-state index in [1.165, 1.54) is 6.92 Å². The van der Waals surface area contributed by atoms with Crippen molar-refractivity contribution in [3.8, 4) is 0 Å². The molecular weight excluding hydrogens is 434 g/mol. The first-order valence-corrected chi connectivity index (χ1v) is 11.7. The van der Waals surface area contributed by atoms with E-state index in [4.69, 9.17) is 9.47 Å². The number of aromatic nitrogens is 1. The summed E-state index contributed by atoms with van der Waals surface area (Å²) < 4.78 is 11.1. The molecule has 0 fully saturated rings. The van der Waals surface area contributed by atoms with Gasteiger partial charge >= 0.3 is 11.9 Å². The molecule has 2 heterocycles. The van der Waals surface area contributed by atoms with E-state index >= 15 is 0 Å². The van der Waals surface area contributed by atoms with Crippen LogP contribution in [0.2, 0.25) is 0 Å². The topological polar surface area (TPSA) is 106 Å². The van der Waals surface area contributed by atoms with Crippen molar-refractivity contribution in [2.45, 2.75) is 83.7 Å². The maximum absolute atomic E-state index is 12.5. The first-order valence-electron chi connectivity index (χ1n) is 11.7. The fourth-order valence-corrected chi connectivity index (χ4v) is 3.84. The molecule has 1 aromatic heterocycles. The number of hydrogen-bond acceptors (Lipinski definition) is 7. The standard InChI is InChI=1S/C27H37NO6/c1-18(23-11-6-7-16-28-23)9-8-10-19(2)26-20(3)12-13-24(33-21(4)29)27(5,32)15-14-22(30)17-25(31)34-26/h6-13,16,18,20,22,24,26,30,32H,14-15,17H2,1-5H3/b9-8+,13-12+,19-10+/t18?,20-,22+,24-,26+,27+/m0/s1. The molecule has 0 saturated carbocycles. The number of carbonyl (C=O) groups is 2. The van der Waals surface area contributed by atoms with E-state index in [0.717, 1.165) is 11.3 Å². The summed E-state index contributed by atoms with van der Waals surface area (Å²) in [4.78, 5) is 28.5. The second-order valence-corrected chi connectivity index (χ2v) is 9.28. The van der Waals surface area contributed by atoms with Crippen LogP contribution in [0, 0.1) is 5.92 Å². The Labute approximate surface area is 202 Å². The van der Waals surface area contributed by atoms with Crippen LogP contribution in [0.5, 0.6) is 0 Å². The molecule has 7 heteroatoms. The predicted molar refractivity (Wildman–Crippen MR) is 130 cm³/mol. The van der Waals surface area contributed by atoms with Crippen molar-refractivity contribution in [3.63, 3.8) is 0 Å². The van der Waals surface area contributed by atoms with E-state index in [2.05, 4.69) is 4.98 Å². The predicted octanol–water partition coefficient (Wildman–Crippen LogP) is 4.02. The van der Waals surface area contributed by atoms with Crippen LogP contribution < -0.4 is 0 Å². The Balaban J connectivity index is 2.29. The lowest BCUT2D eigenvalue weighted by molar-refractivity contribution is -0.157. The van der Waals surface area contributed by atoms with Gasteiger partial charge in [-0.25, -0.2) is 0 Å². The van der Waals surface area contributed by atoms with Gasteiger partial charge in [0.25, 0.3) is 0 Å². The highest BCUT2D eigenvalue weighted by Crippen LogP contribution is 2.27. The zero-order chi connectivity index (χ0) is 25.3. The third kappa shape index (κ3) is 8.54. The molecule has 0 amide bonds. The van der Waals surface area contributed by atoms with Crippen molar-refractivity contribution in [2.75, 3.05) is 0 Å². The first kappa shape index (κ1) is 27.5. The van der Waals surface area contributed by atoms with Gasteiger partial charge in [-0.3, -0.25) is 14.6 Å². The lowest BCUT2D eigenvalue weighted by atomic mass is 9.88. The molecule has 1 unspecified atom stereocenters. The lowest BCUT2D eigenvalue weighted by Crippen LogP contribution is -2.42. The summed E-state index contributed by atoms with van der Waals surface area (Å²) in [6, 6.07) is 5.78. The Kier molecular flexibility index (Phi) is 10.2. The van der Waals surface area contributed by atoms with Gasteiger partial charge in [-0.2, -0.15) is 0 Å². The van der Waals surface area contributed by atoms with Gasteiger partial charge < -0.3 is 19.7 Å². The quantitative estimate of drug-likeness (QED) is 0.379. The van der Waals surface area contributed by atoms with Crippen LogP contribution in [-0.2, 0) is 19.1 Å². The van der Waals surface area contributed by atoms with E-state index in [-0.39, 0.29) is 31.1 Å². The first-order chi connectivity index (χ1) is 16.0. The van der Waals surface area contributed by atoms with E-state index in [9.17, 15) is 19.8 Å². The zero-order valence-corrected chi connectivity index (χ0v) is 20.7. The second-order valence-electron chi connectivity index (χ2n) is 9.28. The summed E-state index contributed by atoms with van der Waals surface area (Å²) in [6.45, 7) is 8.65. The van der Waals surface area contributed by atoms with Crippen molar-refractivity contribution >= 4 is 11.9 Å². The fraction of sp³-hybridized carbons (Fsp3) is 0.519. The van der Waals surface area contributed by atoms with E-state index in [1.54, 1.807) is 25.3 Å². The maximum atomic E-state index is 12.5. The van der Waals surface area contributed by atoms with Gasteiger partial charge in [-0.1, -0.05) is 44.2 Å². The molecule has 2 N–H and O–H groups in total. The summed E-state index contributed by atoms with van der Waals surface area (Å²) in [7, 11) is 0. The molecule has 186 valence electrons. The maximum Gasteiger partial charge on any atom is 0.309 e. The Hall–Kier alpha value is -2.77.